The molecule has 0 aliphatic heterocycles. The summed E-state index contributed by atoms with van der Waals surface area (Å²) in [4.78, 5) is 4.87. The van der Waals surface area contributed by atoms with Crippen LogP contribution in [0.5, 0.6) is 0 Å². The van der Waals surface area contributed by atoms with Crippen LogP contribution in [0, 0.1) is 13.8 Å². The highest BCUT2D eigenvalue weighted by Crippen LogP contribution is 2.31. The molecule has 0 bridgehead atoms. The van der Waals surface area contributed by atoms with E-state index in [4.69, 9.17) is 18.0 Å². The van der Waals surface area contributed by atoms with Gasteiger partial charge in [-0.1, -0.05) is 12.2 Å². The second kappa shape index (κ2) is 6.09. The summed E-state index contributed by atoms with van der Waals surface area (Å²) >= 11 is 7.12. The lowest BCUT2D eigenvalue weighted by Gasteiger charge is -2.19. The van der Waals surface area contributed by atoms with Gasteiger partial charge in [-0.2, -0.15) is 11.8 Å². The minimum atomic E-state index is 0.423. The Kier molecular flexibility index (Phi) is 4.68. The van der Waals surface area contributed by atoms with Crippen LogP contribution in [0.2, 0.25) is 0 Å². The standard InChI is InChI=1S/C14H21N3S2/c1-8-6-12(13(14(15)18)9(2)16-8)17-10-4-5-11(7-10)19-3/h6,10-11H,4-5,7H2,1-3H3,(H2,15,18)(H,16,17). The number of thioether (sulfide) groups is 1. The van der Waals surface area contributed by atoms with Gasteiger partial charge < -0.3 is 11.1 Å². The zero-order valence-electron chi connectivity index (χ0n) is 11.7. The smallest absolute Gasteiger partial charge is 0.107 e. The van der Waals surface area contributed by atoms with Crippen molar-refractivity contribution >= 4 is 34.7 Å². The van der Waals surface area contributed by atoms with Crippen molar-refractivity contribution in [2.45, 2.75) is 44.4 Å². The molecule has 19 heavy (non-hydrogen) atoms. The number of anilines is 1. The number of nitrogens with two attached hydrogens (primary N) is 1. The maximum atomic E-state index is 5.84. The van der Waals surface area contributed by atoms with E-state index in [1.165, 1.54) is 19.3 Å². The monoisotopic (exact) mass is 295 g/mol. The summed E-state index contributed by atoms with van der Waals surface area (Å²) in [6.07, 6.45) is 5.89. The van der Waals surface area contributed by atoms with Crippen LogP contribution >= 0.6 is 24.0 Å². The SMILES string of the molecule is CSC1CCC(Nc2cc(C)nc(C)c2C(N)=S)C1. The Labute approximate surface area is 124 Å². The van der Waals surface area contributed by atoms with Crippen molar-refractivity contribution < 1.29 is 0 Å². The van der Waals surface area contributed by atoms with Crippen molar-refractivity contribution in [2.75, 3.05) is 11.6 Å². The highest BCUT2D eigenvalue weighted by Gasteiger charge is 2.25. The summed E-state index contributed by atoms with van der Waals surface area (Å²) in [5, 5.41) is 4.39. The van der Waals surface area contributed by atoms with E-state index in [2.05, 4.69) is 16.6 Å². The van der Waals surface area contributed by atoms with Gasteiger partial charge in [0.25, 0.3) is 0 Å². The van der Waals surface area contributed by atoms with Crippen LogP contribution in [0.3, 0.4) is 0 Å². The van der Waals surface area contributed by atoms with E-state index in [0.717, 1.165) is 27.9 Å². The summed E-state index contributed by atoms with van der Waals surface area (Å²) in [6, 6.07) is 2.57. The first-order chi connectivity index (χ1) is 9.01. The first-order valence-corrected chi connectivity index (χ1v) is 8.28. The molecular formula is C14H21N3S2. The molecule has 1 aromatic heterocycles. The van der Waals surface area contributed by atoms with Gasteiger partial charge in [-0.05, 0) is 45.4 Å². The van der Waals surface area contributed by atoms with Crippen LogP contribution in [-0.2, 0) is 0 Å². The molecule has 0 amide bonds. The Bertz CT molecular complexity index is 488. The molecule has 1 saturated carbocycles. The number of aryl methyl sites for hydroxylation is 2. The molecule has 3 N–H and O–H groups in total. The lowest BCUT2D eigenvalue weighted by molar-refractivity contribution is 0.756. The summed E-state index contributed by atoms with van der Waals surface area (Å²) in [7, 11) is 0. The second-order valence-corrected chi connectivity index (χ2v) is 6.73. The number of hydrogen-bond acceptors (Lipinski definition) is 4. The van der Waals surface area contributed by atoms with Gasteiger partial charge in [-0.15, -0.1) is 0 Å². The fraction of sp³-hybridized carbons (Fsp3) is 0.571. The number of pyridine rings is 1. The molecule has 5 heteroatoms. The fourth-order valence-electron chi connectivity index (χ4n) is 2.76. The quantitative estimate of drug-likeness (QED) is 0.836. The van der Waals surface area contributed by atoms with Gasteiger partial charge in [0.05, 0.1) is 5.56 Å². The normalized spacial score (nSPS) is 22.5. The van der Waals surface area contributed by atoms with Gasteiger partial charge in [0.2, 0.25) is 0 Å². The number of nitrogens with zero attached hydrogens (tertiary/aromatic N) is 1. The molecule has 1 aliphatic carbocycles. The largest absolute Gasteiger partial charge is 0.389 e. The third-order valence-corrected chi connectivity index (χ3v) is 4.95. The molecule has 1 heterocycles. The maximum Gasteiger partial charge on any atom is 0.107 e. The van der Waals surface area contributed by atoms with Crippen molar-refractivity contribution in [1.82, 2.24) is 4.98 Å². The van der Waals surface area contributed by atoms with Crippen LogP contribution in [0.15, 0.2) is 6.07 Å². The van der Waals surface area contributed by atoms with Crippen LogP contribution in [0.1, 0.15) is 36.2 Å². The highest BCUT2D eigenvalue weighted by molar-refractivity contribution is 7.99. The lowest BCUT2D eigenvalue weighted by Crippen LogP contribution is -2.21. The first-order valence-electron chi connectivity index (χ1n) is 6.58. The number of hydrogen-bond donors (Lipinski definition) is 2. The van der Waals surface area contributed by atoms with Crippen molar-refractivity contribution in [3.63, 3.8) is 0 Å². The third kappa shape index (κ3) is 3.39. The van der Waals surface area contributed by atoms with E-state index >= 15 is 0 Å². The van der Waals surface area contributed by atoms with Gasteiger partial charge in [0, 0.05) is 28.4 Å². The first kappa shape index (κ1) is 14.6. The third-order valence-electron chi connectivity index (χ3n) is 3.65. The van der Waals surface area contributed by atoms with E-state index < -0.39 is 0 Å². The number of aromatic nitrogens is 1. The van der Waals surface area contributed by atoms with Crippen LogP contribution in [0.4, 0.5) is 5.69 Å². The minimum Gasteiger partial charge on any atom is -0.389 e. The van der Waals surface area contributed by atoms with Gasteiger partial charge in [-0.25, -0.2) is 0 Å². The minimum absolute atomic E-state index is 0.423. The van der Waals surface area contributed by atoms with Crippen LogP contribution < -0.4 is 11.1 Å². The van der Waals surface area contributed by atoms with Crippen molar-refractivity contribution in [3.05, 3.63) is 23.0 Å². The van der Waals surface area contributed by atoms with Crippen LogP contribution in [-0.4, -0.2) is 27.5 Å². The molecule has 2 unspecified atom stereocenters. The summed E-state index contributed by atoms with van der Waals surface area (Å²) in [5.74, 6) is 0. The van der Waals surface area contributed by atoms with Crippen molar-refractivity contribution in [3.8, 4) is 0 Å². The van der Waals surface area contributed by atoms with Crippen LogP contribution in [0.25, 0.3) is 0 Å². The zero-order valence-corrected chi connectivity index (χ0v) is 13.3. The second-order valence-electron chi connectivity index (χ2n) is 5.15. The van der Waals surface area contributed by atoms with E-state index in [-0.39, 0.29) is 0 Å². The fourth-order valence-corrected chi connectivity index (χ4v) is 3.81. The number of rotatable bonds is 4. The summed E-state index contributed by atoms with van der Waals surface area (Å²) in [6.45, 7) is 3.97. The summed E-state index contributed by atoms with van der Waals surface area (Å²) < 4.78 is 0. The van der Waals surface area contributed by atoms with Gasteiger partial charge in [-0.3, -0.25) is 4.98 Å². The van der Waals surface area contributed by atoms with Crippen molar-refractivity contribution in [2.24, 2.45) is 5.73 Å². The van der Waals surface area contributed by atoms with E-state index in [9.17, 15) is 0 Å². The Hall–Kier alpha value is -0.810. The molecule has 3 nitrogen and oxygen atoms in total. The average molecular weight is 295 g/mol. The number of nitrogens with one attached hydrogen (secondary N) is 1. The predicted octanol–water partition coefficient (Wildman–Crippen LogP) is 3.03. The zero-order chi connectivity index (χ0) is 14.0. The number of thiocarbonyl (C=S) groups is 1. The Balaban J connectivity index is 2.22. The van der Waals surface area contributed by atoms with Crippen molar-refractivity contribution in [1.29, 1.82) is 0 Å². The van der Waals surface area contributed by atoms with Gasteiger partial charge in [0.1, 0.15) is 4.99 Å². The molecule has 2 rings (SSSR count). The molecule has 0 radical (unpaired) electrons. The Morgan fingerprint density at radius 3 is 2.79 bits per heavy atom. The molecule has 1 aromatic rings. The molecule has 2 atom stereocenters. The van der Waals surface area contributed by atoms with Gasteiger partial charge in [0.15, 0.2) is 0 Å². The molecule has 1 aliphatic rings. The topological polar surface area (TPSA) is 50.9 Å². The van der Waals surface area contributed by atoms with E-state index in [1.54, 1.807) is 0 Å². The highest BCUT2D eigenvalue weighted by atomic mass is 32.2. The molecule has 1 fully saturated rings. The maximum absolute atomic E-state index is 5.84. The predicted molar refractivity (Wildman–Crippen MR) is 88.2 cm³/mol. The average Bonchev–Trinajstić information content (AvgIpc) is 2.75. The molecule has 104 valence electrons. The Morgan fingerprint density at radius 2 is 2.21 bits per heavy atom. The lowest BCUT2D eigenvalue weighted by atomic mass is 10.1. The molecule has 0 spiro atoms. The molecule has 0 aromatic carbocycles. The summed E-state index contributed by atoms with van der Waals surface area (Å²) in [5.41, 5.74) is 9.69. The van der Waals surface area contributed by atoms with Gasteiger partial charge >= 0.3 is 0 Å². The van der Waals surface area contributed by atoms with E-state index in [1.807, 2.05) is 31.7 Å². The van der Waals surface area contributed by atoms with E-state index in [0.29, 0.717) is 11.0 Å². The Morgan fingerprint density at radius 1 is 1.47 bits per heavy atom. The molecule has 0 saturated heterocycles. The molecular weight excluding hydrogens is 274 g/mol.